The Morgan fingerprint density at radius 1 is 1.35 bits per heavy atom. The van der Waals surface area contributed by atoms with E-state index in [1.54, 1.807) is 7.11 Å². The maximum atomic E-state index is 5.27. The number of benzene rings is 1. The van der Waals surface area contributed by atoms with Crippen molar-refractivity contribution in [3.63, 3.8) is 0 Å². The van der Waals surface area contributed by atoms with Crippen molar-refractivity contribution in [1.82, 2.24) is 9.97 Å². The Kier molecular flexibility index (Phi) is 5.20. The minimum atomic E-state index is 0.692. The molecule has 106 valence electrons. The van der Waals surface area contributed by atoms with Crippen LogP contribution in [0.15, 0.2) is 22.7 Å². The van der Waals surface area contributed by atoms with Crippen molar-refractivity contribution in [3.8, 4) is 17.1 Å². The smallest absolute Gasteiger partial charge is 0.163 e. The Bertz CT molecular complexity index is 609. The van der Waals surface area contributed by atoms with E-state index in [4.69, 9.17) is 4.74 Å². The van der Waals surface area contributed by atoms with Crippen molar-refractivity contribution < 1.29 is 4.74 Å². The van der Waals surface area contributed by atoms with E-state index in [1.807, 2.05) is 25.2 Å². The van der Waals surface area contributed by atoms with Crippen molar-refractivity contribution in [1.29, 1.82) is 0 Å². The molecule has 4 nitrogen and oxygen atoms in total. The van der Waals surface area contributed by atoms with E-state index in [1.165, 1.54) is 0 Å². The number of nitrogens with one attached hydrogen (secondary N) is 1. The van der Waals surface area contributed by atoms with Gasteiger partial charge in [0.15, 0.2) is 5.82 Å². The summed E-state index contributed by atoms with van der Waals surface area (Å²) in [7, 11) is 3.52. The van der Waals surface area contributed by atoms with Crippen LogP contribution in [0, 0.1) is 3.57 Å². The molecule has 2 rings (SSSR count). The highest BCUT2D eigenvalue weighted by Crippen LogP contribution is 2.32. The molecule has 0 aliphatic heterocycles. The van der Waals surface area contributed by atoms with Crippen LogP contribution in [0.3, 0.4) is 0 Å². The largest absolute Gasteiger partial charge is 0.497 e. The molecule has 0 unspecified atom stereocenters. The van der Waals surface area contributed by atoms with Crippen molar-refractivity contribution in [2.45, 2.75) is 13.3 Å². The van der Waals surface area contributed by atoms with Gasteiger partial charge in [-0.05, 0) is 47.2 Å². The van der Waals surface area contributed by atoms with Gasteiger partial charge < -0.3 is 10.1 Å². The zero-order valence-electron chi connectivity index (χ0n) is 11.5. The molecule has 0 saturated carbocycles. The van der Waals surface area contributed by atoms with Crippen LogP contribution < -0.4 is 10.1 Å². The quantitative estimate of drug-likeness (QED) is 0.716. The zero-order chi connectivity index (χ0) is 14.7. The third kappa shape index (κ3) is 3.06. The van der Waals surface area contributed by atoms with Crippen LogP contribution in [0.5, 0.6) is 5.75 Å². The van der Waals surface area contributed by atoms with Gasteiger partial charge in [-0.25, -0.2) is 9.97 Å². The Labute approximate surface area is 140 Å². The first-order chi connectivity index (χ1) is 9.60. The molecule has 6 heteroatoms. The molecule has 1 N–H and O–H groups in total. The van der Waals surface area contributed by atoms with Crippen molar-refractivity contribution in [2.24, 2.45) is 0 Å². The molecule has 0 atom stereocenters. The molecule has 0 amide bonds. The van der Waals surface area contributed by atoms with Gasteiger partial charge in [-0.15, -0.1) is 0 Å². The van der Waals surface area contributed by atoms with E-state index in [2.05, 4.69) is 60.7 Å². The molecule has 1 aromatic carbocycles. The predicted molar refractivity (Wildman–Crippen MR) is 93.4 cm³/mol. The van der Waals surface area contributed by atoms with Gasteiger partial charge in [0.1, 0.15) is 11.6 Å². The van der Waals surface area contributed by atoms with Gasteiger partial charge in [0.2, 0.25) is 0 Å². The number of aryl methyl sites for hydroxylation is 1. The lowest BCUT2D eigenvalue weighted by Crippen LogP contribution is -2.05. The van der Waals surface area contributed by atoms with Gasteiger partial charge >= 0.3 is 0 Å². The van der Waals surface area contributed by atoms with Crippen molar-refractivity contribution in [2.75, 3.05) is 19.5 Å². The van der Waals surface area contributed by atoms with Crippen LogP contribution in [0.4, 0.5) is 5.82 Å². The molecule has 0 fully saturated rings. The van der Waals surface area contributed by atoms with E-state index in [0.717, 1.165) is 37.3 Å². The first kappa shape index (κ1) is 15.5. The third-order valence-corrected chi connectivity index (χ3v) is 4.73. The standard InChI is InChI=1S/C14H15BrIN3O/c1-4-11-12(16)14(17-2)19-13(18-11)9-7-8(20-3)5-6-10(9)15/h5-7H,4H2,1-3H3,(H,17,18,19). The minimum Gasteiger partial charge on any atom is -0.497 e. The first-order valence-corrected chi connectivity index (χ1v) is 8.06. The molecule has 0 aliphatic carbocycles. The SMILES string of the molecule is CCc1nc(-c2cc(OC)ccc2Br)nc(NC)c1I. The fourth-order valence-corrected chi connectivity index (χ4v) is 3.13. The fourth-order valence-electron chi connectivity index (χ4n) is 1.82. The normalized spacial score (nSPS) is 10.4. The molecule has 20 heavy (non-hydrogen) atoms. The number of hydrogen-bond acceptors (Lipinski definition) is 4. The summed E-state index contributed by atoms with van der Waals surface area (Å²) in [4.78, 5) is 9.25. The second-order valence-electron chi connectivity index (χ2n) is 4.11. The summed E-state index contributed by atoms with van der Waals surface area (Å²) < 4.78 is 7.29. The summed E-state index contributed by atoms with van der Waals surface area (Å²) in [5.74, 6) is 2.33. The molecule has 1 heterocycles. The average molecular weight is 448 g/mol. The second kappa shape index (κ2) is 6.71. The lowest BCUT2D eigenvalue weighted by molar-refractivity contribution is 0.415. The number of halogens is 2. The number of hydrogen-bond donors (Lipinski definition) is 1. The number of methoxy groups -OCH3 is 1. The van der Waals surface area contributed by atoms with Crippen LogP contribution in [0.25, 0.3) is 11.4 Å². The minimum absolute atomic E-state index is 0.692. The monoisotopic (exact) mass is 447 g/mol. The Morgan fingerprint density at radius 3 is 2.70 bits per heavy atom. The van der Waals surface area contributed by atoms with Gasteiger partial charge in [0.25, 0.3) is 0 Å². The Balaban J connectivity index is 2.63. The highest BCUT2D eigenvalue weighted by Gasteiger charge is 2.14. The van der Waals surface area contributed by atoms with Gasteiger partial charge in [-0.3, -0.25) is 0 Å². The molecule has 0 aliphatic rings. The zero-order valence-corrected chi connectivity index (χ0v) is 15.2. The predicted octanol–water partition coefficient (Wildman–Crippen LogP) is 4.12. The molecule has 0 spiro atoms. The summed E-state index contributed by atoms with van der Waals surface area (Å²) in [5, 5.41) is 3.12. The van der Waals surface area contributed by atoms with E-state index in [0.29, 0.717) is 5.82 Å². The van der Waals surface area contributed by atoms with E-state index < -0.39 is 0 Å². The lowest BCUT2D eigenvalue weighted by atomic mass is 10.2. The molecule has 2 aromatic rings. The van der Waals surface area contributed by atoms with Crippen LogP contribution in [0.1, 0.15) is 12.6 Å². The van der Waals surface area contributed by atoms with Gasteiger partial charge in [-0.1, -0.05) is 22.9 Å². The Hall–Kier alpha value is -0.890. The van der Waals surface area contributed by atoms with Crippen LogP contribution >= 0.6 is 38.5 Å². The number of anilines is 1. The highest BCUT2D eigenvalue weighted by atomic mass is 127. The van der Waals surface area contributed by atoms with E-state index >= 15 is 0 Å². The third-order valence-electron chi connectivity index (χ3n) is 2.91. The summed E-state index contributed by atoms with van der Waals surface area (Å²) in [6.07, 6.45) is 0.865. The van der Waals surface area contributed by atoms with Gasteiger partial charge in [-0.2, -0.15) is 0 Å². The number of nitrogens with zero attached hydrogens (tertiary/aromatic N) is 2. The molecular formula is C14H15BrIN3O. The van der Waals surface area contributed by atoms with Gasteiger partial charge in [0, 0.05) is 17.1 Å². The fraction of sp³-hybridized carbons (Fsp3) is 0.286. The number of aromatic nitrogens is 2. The maximum Gasteiger partial charge on any atom is 0.163 e. The highest BCUT2D eigenvalue weighted by molar-refractivity contribution is 14.1. The van der Waals surface area contributed by atoms with Crippen molar-refractivity contribution >= 4 is 44.3 Å². The maximum absolute atomic E-state index is 5.27. The van der Waals surface area contributed by atoms with Crippen LogP contribution in [-0.4, -0.2) is 24.1 Å². The molecule has 1 aromatic heterocycles. The van der Waals surface area contributed by atoms with E-state index in [-0.39, 0.29) is 0 Å². The summed E-state index contributed by atoms with van der Waals surface area (Å²) in [6.45, 7) is 2.09. The molecular weight excluding hydrogens is 433 g/mol. The lowest BCUT2D eigenvalue weighted by Gasteiger charge is -2.12. The average Bonchev–Trinajstić information content (AvgIpc) is 2.48. The van der Waals surface area contributed by atoms with Crippen molar-refractivity contribution in [3.05, 3.63) is 31.9 Å². The molecule has 0 saturated heterocycles. The number of ether oxygens (including phenoxy) is 1. The summed E-state index contributed by atoms with van der Waals surface area (Å²) >= 11 is 5.83. The summed E-state index contributed by atoms with van der Waals surface area (Å²) in [5.41, 5.74) is 1.96. The van der Waals surface area contributed by atoms with Crippen LogP contribution in [0.2, 0.25) is 0 Å². The number of rotatable bonds is 4. The molecule has 0 bridgehead atoms. The second-order valence-corrected chi connectivity index (χ2v) is 6.04. The summed E-state index contributed by atoms with van der Waals surface area (Å²) in [6, 6.07) is 5.78. The molecule has 0 radical (unpaired) electrons. The Morgan fingerprint density at radius 2 is 2.10 bits per heavy atom. The first-order valence-electron chi connectivity index (χ1n) is 6.18. The van der Waals surface area contributed by atoms with Gasteiger partial charge in [0.05, 0.1) is 16.4 Å². The topological polar surface area (TPSA) is 47.0 Å². The van der Waals surface area contributed by atoms with E-state index in [9.17, 15) is 0 Å². The van der Waals surface area contributed by atoms with Crippen LogP contribution in [-0.2, 0) is 6.42 Å².